The molecule has 9 heteroatoms. The number of benzene rings is 2. The minimum absolute atomic E-state index is 0.113. The van der Waals surface area contributed by atoms with E-state index in [9.17, 15) is 18.0 Å². The summed E-state index contributed by atoms with van der Waals surface area (Å²) in [6.07, 6.45) is 7.61. The molecule has 0 unspecified atom stereocenters. The van der Waals surface area contributed by atoms with Gasteiger partial charge in [0.25, 0.3) is 5.91 Å². The van der Waals surface area contributed by atoms with Crippen LogP contribution in [0.1, 0.15) is 72.9 Å². The summed E-state index contributed by atoms with van der Waals surface area (Å²) in [4.78, 5) is 28.0. The fourth-order valence-electron chi connectivity index (χ4n) is 5.92. The Kier molecular flexibility index (Phi) is 7.59. The first kappa shape index (κ1) is 26.4. The van der Waals surface area contributed by atoms with Crippen molar-refractivity contribution in [3.05, 3.63) is 59.3 Å². The van der Waals surface area contributed by atoms with Crippen molar-refractivity contribution in [2.75, 3.05) is 18.8 Å². The summed E-state index contributed by atoms with van der Waals surface area (Å²) in [7, 11) is -3.19. The van der Waals surface area contributed by atoms with E-state index in [0.29, 0.717) is 30.7 Å². The standard InChI is InChI=1S/C29H36N4O4S/c1-2-38(36,37)33-13-11-21(12-14-33)26-18-31-27-24(26)15-23(16-25(27)28(30)34)20-9-7-19(8-10-20)17-32-29(35)22-5-3-4-6-22/h7-10,15-16,18,21-22,31H,2-6,11-14,17H2,1H3,(H2,30,34)(H,32,35). The van der Waals surface area contributed by atoms with Crippen molar-refractivity contribution in [3.8, 4) is 11.1 Å². The molecule has 202 valence electrons. The molecule has 0 atom stereocenters. The Morgan fingerprint density at radius 3 is 2.34 bits per heavy atom. The number of amides is 2. The van der Waals surface area contributed by atoms with Crippen LogP contribution >= 0.6 is 0 Å². The van der Waals surface area contributed by atoms with Crippen LogP contribution in [0, 0.1) is 5.92 Å². The van der Waals surface area contributed by atoms with Crippen molar-refractivity contribution in [3.63, 3.8) is 0 Å². The molecular weight excluding hydrogens is 500 g/mol. The number of piperidine rings is 1. The van der Waals surface area contributed by atoms with Gasteiger partial charge in [0.05, 0.1) is 16.8 Å². The highest BCUT2D eigenvalue weighted by Crippen LogP contribution is 2.37. The maximum absolute atomic E-state index is 12.4. The van der Waals surface area contributed by atoms with Crippen molar-refractivity contribution >= 4 is 32.7 Å². The van der Waals surface area contributed by atoms with Gasteiger partial charge in [0.2, 0.25) is 15.9 Å². The monoisotopic (exact) mass is 536 g/mol. The molecule has 8 nitrogen and oxygen atoms in total. The number of primary amides is 1. The first-order valence-corrected chi connectivity index (χ1v) is 15.2. The second kappa shape index (κ2) is 10.9. The van der Waals surface area contributed by atoms with E-state index in [1.54, 1.807) is 11.2 Å². The minimum atomic E-state index is -3.19. The van der Waals surface area contributed by atoms with Gasteiger partial charge in [0, 0.05) is 37.1 Å². The predicted octanol–water partition coefficient (Wildman–Crippen LogP) is 4.27. The molecule has 1 aliphatic carbocycles. The molecule has 0 bridgehead atoms. The Morgan fingerprint density at radius 2 is 1.71 bits per heavy atom. The van der Waals surface area contributed by atoms with Gasteiger partial charge in [-0.05, 0) is 72.9 Å². The molecule has 2 amide bonds. The Bertz CT molecular complexity index is 1430. The van der Waals surface area contributed by atoms with E-state index in [2.05, 4.69) is 16.4 Å². The highest BCUT2D eigenvalue weighted by atomic mass is 32.2. The number of nitrogens with one attached hydrogen (secondary N) is 2. The van der Waals surface area contributed by atoms with Crippen molar-refractivity contribution in [1.29, 1.82) is 0 Å². The second-order valence-electron chi connectivity index (χ2n) is 10.5. The molecule has 4 N–H and O–H groups in total. The number of aromatic nitrogens is 1. The van der Waals surface area contributed by atoms with E-state index in [1.165, 1.54) is 0 Å². The number of hydrogen-bond donors (Lipinski definition) is 3. The zero-order chi connectivity index (χ0) is 26.9. The molecule has 1 saturated heterocycles. The molecule has 38 heavy (non-hydrogen) atoms. The van der Waals surface area contributed by atoms with Gasteiger partial charge < -0.3 is 16.0 Å². The number of carbonyl (C=O) groups excluding carboxylic acids is 2. The number of H-pyrrole nitrogens is 1. The maximum Gasteiger partial charge on any atom is 0.250 e. The number of aromatic amines is 1. The molecule has 0 radical (unpaired) electrons. The van der Waals surface area contributed by atoms with Crippen LogP contribution in [0.15, 0.2) is 42.6 Å². The fraction of sp³-hybridized carbons (Fsp3) is 0.448. The average molecular weight is 537 g/mol. The highest BCUT2D eigenvalue weighted by molar-refractivity contribution is 7.89. The Hall–Kier alpha value is -3.17. The van der Waals surface area contributed by atoms with Crippen LogP contribution in [-0.4, -0.2) is 48.4 Å². The quantitative estimate of drug-likeness (QED) is 0.398. The lowest BCUT2D eigenvalue weighted by Crippen LogP contribution is -2.38. The zero-order valence-electron chi connectivity index (χ0n) is 21.8. The molecule has 0 spiro atoms. The molecule has 2 aromatic carbocycles. The summed E-state index contributed by atoms with van der Waals surface area (Å²) in [6, 6.07) is 11.9. The maximum atomic E-state index is 12.4. The van der Waals surface area contributed by atoms with E-state index < -0.39 is 15.9 Å². The van der Waals surface area contributed by atoms with E-state index in [1.807, 2.05) is 36.5 Å². The third kappa shape index (κ3) is 5.35. The van der Waals surface area contributed by atoms with Crippen molar-refractivity contribution < 1.29 is 18.0 Å². The first-order chi connectivity index (χ1) is 18.3. The molecule has 1 aliphatic heterocycles. The summed E-state index contributed by atoms with van der Waals surface area (Å²) < 4.78 is 26.2. The van der Waals surface area contributed by atoms with Crippen LogP contribution < -0.4 is 11.1 Å². The van der Waals surface area contributed by atoms with Gasteiger partial charge in [0.1, 0.15) is 0 Å². The van der Waals surface area contributed by atoms with Crippen molar-refractivity contribution in [1.82, 2.24) is 14.6 Å². The van der Waals surface area contributed by atoms with E-state index >= 15 is 0 Å². The summed E-state index contributed by atoms with van der Waals surface area (Å²) >= 11 is 0. The minimum Gasteiger partial charge on any atom is -0.366 e. The normalized spacial score (nSPS) is 17.7. The van der Waals surface area contributed by atoms with Crippen molar-refractivity contribution in [2.45, 2.75) is 57.9 Å². The zero-order valence-corrected chi connectivity index (χ0v) is 22.6. The number of sulfonamides is 1. The van der Waals surface area contributed by atoms with Gasteiger partial charge in [-0.15, -0.1) is 0 Å². The lowest BCUT2D eigenvalue weighted by atomic mass is 9.88. The van der Waals surface area contributed by atoms with E-state index in [-0.39, 0.29) is 23.5 Å². The molecule has 1 aromatic heterocycles. The van der Waals surface area contributed by atoms with E-state index in [4.69, 9.17) is 5.73 Å². The van der Waals surface area contributed by atoms with E-state index in [0.717, 1.165) is 66.2 Å². The van der Waals surface area contributed by atoms with Gasteiger partial charge >= 0.3 is 0 Å². The molecule has 2 heterocycles. The number of nitrogens with two attached hydrogens (primary N) is 1. The molecular formula is C29H36N4O4S. The molecule has 1 saturated carbocycles. The molecule has 3 aromatic rings. The van der Waals surface area contributed by atoms with Gasteiger partial charge in [-0.1, -0.05) is 37.1 Å². The topological polar surface area (TPSA) is 125 Å². The van der Waals surface area contributed by atoms with Crippen LogP contribution in [0.4, 0.5) is 0 Å². The smallest absolute Gasteiger partial charge is 0.250 e. The fourth-order valence-corrected chi connectivity index (χ4v) is 7.05. The van der Waals surface area contributed by atoms with Crippen LogP contribution in [0.3, 0.4) is 0 Å². The summed E-state index contributed by atoms with van der Waals surface area (Å²) in [5.74, 6) is 0.0874. The summed E-state index contributed by atoms with van der Waals surface area (Å²) in [5, 5.41) is 4.00. The average Bonchev–Trinajstić information content (AvgIpc) is 3.62. The summed E-state index contributed by atoms with van der Waals surface area (Å²) in [5.41, 5.74) is 10.9. The number of carbonyl (C=O) groups is 2. The van der Waals surface area contributed by atoms with Gasteiger partial charge in [0.15, 0.2) is 0 Å². The van der Waals surface area contributed by atoms with Gasteiger partial charge in [-0.25, -0.2) is 12.7 Å². The summed E-state index contributed by atoms with van der Waals surface area (Å²) in [6.45, 7) is 3.16. The first-order valence-electron chi connectivity index (χ1n) is 13.6. The second-order valence-corrected chi connectivity index (χ2v) is 12.8. The number of nitrogens with zero attached hydrogens (tertiary/aromatic N) is 1. The molecule has 5 rings (SSSR count). The highest BCUT2D eigenvalue weighted by Gasteiger charge is 2.29. The Morgan fingerprint density at radius 1 is 1.03 bits per heavy atom. The van der Waals surface area contributed by atoms with Crippen LogP contribution in [0.2, 0.25) is 0 Å². The van der Waals surface area contributed by atoms with Crippen LogP contribution in [0.25, 0.3) is 22.0 Å². The third-order valence-electron chi connectivity index (χ3n) is 8.22. The van der Waals surface area contributed by atoms with Gasteiger partial charge in [-0.3, -0.25) is 9.59 Å². The lowest BCUT2D eigenvalue weighted by molar-refractivity contribution is -0.124. The van der Waals surface area contributed by atoms with Crippen LogP contribution in [0.5, 0.6) is 0 Å². The predicted molar refractivity (Wildman–Crippen MR) is 149 cm³/mol. The molecule has 2 aliphatic rings. The lowest BCUT2D eigenvalue weighted by Gasteiger charge is -2.31. The van der Waals surface area contributed by atoms with Gasteiger partial charge in [-0.2, -0.15) is 0 Å². The van der Waals surface area contributed by atoms with Crippen LogP contribution in [-0.2, 0) is 21.4 Å². The number of hydrogen-bond acceptors (Lipinski definition) is 4. The SMILES string of the molecule is CCS(=O)(=O)N1CCC(c2c[nH]c3c(C(N)=O)cc(-c4ccc(CNC(=O)C5CCCC5)cc4)cc23)CC1. The number of fused-ring (bicyclic) bond motifs is 1. The third-order valence-corrected chi connectivity index (χ3v) is 10.1. The Balaban J connectivity index is 1.37. The van der Waals surface area contributed by atoms with Crippen molar-refractivity contribution in [2.24, 2.45) is 11.7 Å². The largest absolute Gasteiger partial charge is 0.366 e. The molecule has 2 fully saturated rings. The number of rotatable bonds is 8. The Labute approximate surface area is 224 Å².